The van der Waals surface area contributed by atoms with Crippen molar-refractivity contribution in [2.75, 3.05) is 6.79 Å². The van der Waals surface area contributed by atoms with E-state index in [1.165, 1.54) is 18.2 Å². The number of hydrogen-bond donors (Lipinski definition) is 1. The van der Waals surface area contributed by atoms with Crippen molar-refractivity contribution in [3.05, 3.63) is 65.7 Å². The number of rotatable bonds is 6. The molecular weight excluding hydrogens is 319 g/mol. The molecule has 0 saturated heterocycles. The molecule has 0 saturated carbocycles. The van der Waals surface area contributed by atoms with Crippen molar-refractivity contribution in [3.63, 3.8) is 0 Å². The van der Waals surface area contributed by atoms with E-state index in [4.69, 9.17) is 5.11 Å². The van der Waals surface area contributed by atoms with Crippen molar-refractivity contribution in [2.24, 2.45) is 0 Å². The van der Waals surface area contributed by atoms with Crippen LogP contribution >= 0.6 is 0 Å². The fraction of sp³-hybridized carbons (Fsp3) is 0.0714. The van der Waals surface area contributed by atoms with Crippen LogP contribution in [0, 0.1) is 0 Å². The average Bonchev–Trinajstić information content (AvgIpc) is 2.53. The summed E-state index contributed by atoms with van der Waals surface area (Å²) < 4.78 is 28.0. The van der Waals surface area contributed by atoms with E-state index in [1.54, 1.807) is 36.4 Å². The third-order valence-corrected chi connectivity index (χ3v) is 3.80. The summed E-state index contributed by atoms with van der Waals surface area (Å²) in [6.07, 6.45) is 0. The molecule has 0 unspecified atom stereocenters. The molecule has 2 aromatic carbocycles. The standard InChI is InChI=1S/C14H12O6S.Na.H/c15-10-19-20-21(17,18)13-9-5-4-8-12(13)14(16)11-6-2-1-3-7-11;;/h1-9,15H,10H2;;. The first kappa shape index (κ1) is 19.0. The second-order valence-electron chi connectivity index (χ2n) is 3.96. The summed E-state index contributed by atoms with van der Waals surface area (Å²) in [6, 6.07) is 13.9. The van der Waals surface area contributed by atoms with Crippen LogP contribution in [0.15, 0.2) is 59.5 Å². The van der Waals surface area contributed by atoms with Crippen molar-refractivity contribution in [3.8, 4) is 0 Å². The van der Waals surface area contributed by atoms with E-state index in [9.17, 15) is 13.2 Å². The van der Waals surface area contributed by atoms with Crippen molar-refractivity contribution >= 4 is 45.5 Å². The van der Waals surface area contributed by atoms with E-state index in [2.05, 4.69) is 9.22 Å². The van der Waals surface area contributed by atoms with Gasteiger partial charge in [-0.15, -0.1) is 4.33 Å². The first-order valence-electron chi connectivity index (χ1n) is 5.92. The molecule has 0 aliphatic carbocycles. The van der Waals surface area contributed by atoms with Gasteiger partial charge in [0.25, 0.3) is 0 Å². The van der Waals surface area contributed by atoms with Crippen LogP contribution < -0.4 is 0 Å². The molecule has 0 radical (unpaired) electrons. The Morgan fingerprint density at radius 3 is 2.23 bits per heavy atom. The topological polar surface area (TPSA) is 89.9 Å². The van der Waals surface area contributed by atoms with E-state index in [0.717, 1.165) is 0 Å². The number of benzene rings is 2. The Labute approximate surface area is 150 Å². The van der Waals surface area contributed by atoms with Gasteiger partial charge in [0, 0.05) is 11.1 Å². The zero-order valence-corrected chi connectivity index (χ0v) is 11.6. The number of aliphatic hydroxyl groups is 1. The van der Waals surface area contributed by atoms with Gasteiger partial charge in [-0.05, 0) is 12.1 Å². The molecule has 0 aliphatic rings. The molecule has 0 aliphatic heterocycles. The number of hydrogen-bond acceptors (Lipinski definition) is 6. The first-order valence-corrected chi connectivity index (χ1v) is 7.33. The maximum absolute atomic E-state index is 12.4. The van der Waals surface area contributed by atoms with Crippen molar-refractivity contribution in [1.82, 2.24) is 0 Å². The van der Waals surface area contributed by atoms with E-state index in [0.29, 0.717) is 5.56 Å². The summed E-state index contributed by atoms with van der Waals surface area (Å²) in [5.41, 5.74) is 0.313. The van der Waals surface area contributed by atoms with Crippen LogP contribution in [0.1, 0.15) is 15.9 Å². The SMILES string of the molecule is O=C(c1ccccc1)c1ccccc1S(=O)(=O)OOCO.[NaH]. The van der Waals surface area contributed by atoms with Gasteiger partial charge in [0.1, 0.15) is 4.90 Å². The van der Waals surface area contributed by atoms with Crippen LogP contribution in [0.3, 0.4) is 0 Å². The van der Waals surface area contributed by atoms with Gasteiger partial charge in [-0.3, -0.25) is 4.79 Å². The molecule has 0 fully saturated rings. The van der Waals surface area contributed by atoms with Crippen LogP contribution in [0.2, 0.25) is 0 Å². The Balaban J connectivity index is 0.00000242. The molecule has 0 spiro atoms. The summed E-state index contributed by atoms with van der Waals surface area (Å²) in [5.74, 6) is -0.456. The monoisotopic (exact) mass is 332 g/mol. The number of carbonyl (C=O) groups is 1. The molecule has 112 valence electrons. The minimum absolute atomic E-state index is 0. The van der Waals surface area contributed by atoms with Crippen molar-refractivity contribution in [2.45, 2.75) is 4.90 Å². The Hall–Kier alpha value is -1.06. The predicted molar refractivity (Wildman–Crippen MR) is 79.9 cm³/mol. The Bertz CT molecular complexity index is 730. The fourth-order valence-corrected chi connectivity index (χ4v) is 2.66. The molecule has 0 amide bonds. The molecule has 0 bridgehead atoms. The minimum atomic E-state index is -4.31. The van der Waals surface area contributed by atoms with E-state index in [-0.39, 0.29) is 40.0 Å². The molecule has 2 aromatic rings. The summed E-state index contributed by atoms with van der Waals surface area (Å²) in [4.78, 5) is 16.1. The molecule has 0 aromatic heterocycles. The second-order valence-corrected chi connectivity index (χ2v) is 5.44. The molecule has 2 rings (SSSR count). The van der Waals surface area contributed by atoms with E-state index >= 15 is 0 Å². The third-order valence-electron chi connectivity index (χ3n) is 2.63. The van der Waals surface area contributed by atoms with Gasteiger partial charge in [0.15, 0.2) is 12.6 Å². The van der Waals surface area contributed by atoms with Crippen LogP contribution in [-0.4, -0.2) is 55.7 Å². The quantitative estimate of drug-likeness (QED) is 0.277. The Kier molecular flexibility index (Phi) is 7.37. The number of carbonyl (C=O) groups excluding carboxylic acids is 1. The number of aliphatic hydroxyl groups excluding tert-OH is 1. The van der Waals surface area contributed by atoms with Gasteiger partial charge in [0.05, 0.1) is 0 Å². The third kappa shape index (κ3) is 4.47. The van der Waals surface area contributed by atoms with Crippen molar-refractivity contribution < 1.29 is 27.5 Å². The average molecular weight is 332 g/mol. The molecule has 22 heavy (non-hydrogen) atoms. The zero-order chi connectivity index (χ0) is 15.3. The maximum atomic E-state index is 12.4. The van der Waals surface area contributed by atoms with Crippen LogP contribution in [0.4, 0.5) is 0 Å². The number of ketones is 1. The summed E-state index contributed by atoms with van der Waals surface area (Å²) in [6.45, 7) is -0.923. The van der Waals surface area contributed by atoms with Gasteiger partial charge in [-0.1, -0.05) is 42.5 Å². The molecule has 0 heterocycles. The van der Waals surface area contributed by atoms with Crippen LogP contribution in [0.5, 0.6) is 0 Å². The van der Waals surface area contributed by atoms with Gasteiger partial charge < -0.3 is 5.11 Å². The van der Waals surface area contributed by atoms with Crippen LogP contribution in [-0.2, 0) is 19.3 Å². The molecule has 0 atom stereocenters. The fourth-order valence-electron chi connectivity index (χ4n) is 1.74. The van der Waals surface area contributed by atoms with Gasteiger partial charge in [0.2, 0.25) is 0 Å². The molecular formula is C14H13NaO6S. The Morgan fingerprint density at radius 2 is 1.59 bits per heavy atom. The summed E-state index contributed by atoms with van der Waals surface area (Å²) in [5, 5.41) is 8.45. The Morgan fingerprint density at radius 1 is 1.00 bits per heavy atom. The molecule has 1 N–H and O–H groups in total. The van der Waals surface area contributed by atoms with E-state index < -0.39 is 22.7 Å². The predicted octanol–water partition coefficient (Wildman–Crippen LogP) is 0.856. The normalized spacial score (nSPS) is 10.8. The zero-order valence-electron chi connectivity index (χ0n) is 10.8. The second kappa shape index (κ2) is 8.54. The van der Waals surface area contributed by atoms with Gasteiger partial charge >= 0.3 is 39.7 Å². The van der Waals surface area contributed by atoms with Gasteiger partial charge in [-0.25, -0.2) is 0 Å². The summed E-state index contributed by atoms with van der Waals surface area (Å²) >= 11 is 0. The summed E-state index contributed by atoms with van der Waals surface area (Å²) in [7, 11) is -4.31. The van der Waals surface area contributed by atoms with E-state index in [1.807, 2.05) is 0 Å². The molecule has 8 heteroatoms. The van der Waals surface area contributed by atoms with Gasteiger partial charge in [-0.2, -0.15) is 13.3 Å². The molecule has 6 nitrogen and oxygen atoms in total. The van der Waals surface area contributed by atoms with Crippen LogP contribution in [0.25, 0.3) is 0 Å². The first-order chi connectivity index (χ1) is 10.1. The van der Waals surface area contributed by atoms with Crippen molar-refractivity contribution in [1.29, 1.82) is 0 Å².